The summed E-state index contributed by atoms with van der Waals surface area (Å²) < 4.78 is 2.31. The van der Waals surface area contributed by atoms with Crippen molar-refractivity contribution in [3.8, 4) is 0 Å². The lowest BCUT2D eigenvalue weighted by Gasteiger charge is -2.11. The number of nitrogens with zero attached hydrogens (tertiary/aromatic N) is 3. The van der Waals surface area contributed by atoms with E-state index in [4.69, 9.17) is 9.97 Å². The molecule has 3 nitrogen and oxygen atoms in total. The number of hydrogen-bond acceptors (Lipinski definition) is 2. The Morgan fingerprint density at radius 1 is 0.600 bits per heavy atom. The largest absolute Gasteiger partial charge is 0.292 e. The molecule has 7 rings (SSSR count). The fraction of sp³-hybridized carbons (Fsp3) is 0.0370. The van der Waals surface area contributed by atoms with Crippen molar-refractivity contribution in [1.29, 1.82) is 0 Å². The van der Waals surface area contributed by atoms with E-state index in [-0.39, 0.29) is 0 Å². The Morgan fingerprint density at radius 3 is 2.20 bits per heavy atom. The Kier molecular flexibility index (Phi) is 2.94. The molecule has 0 saturated heterocycles. The average Bonchev–Trinajstić information content (AvgIpc) is 3.18. The first-order chi connectivity index (χ1) is 14.8. The highest BCUT2D eigenvalue weighted by atomic mass is 15.0. The summed E-state index contributed by atoms with van der Waals surface area (Å²) in [5, 5.41) is 5.83. The fourth-order valence-corrected chi connectivity index (χ4v) is 4.76. The summed E-state index contributed by atoms with van der Waals surface area (Å²) >= 11 is 0. The molecular weight excluding hydrogens is 366 g/mol. The van der Waals surface area contributed by atoms with E-state index in [0.717, 1.165) is 49.4 Å². The van der Waals surface area contributed by atoms with Crippen molar-refractivity contribution in [2.24, 2.45) is 0 Å². The van der Waals surface area contributed by atoms with Crippen molar-refractivity contribution in [2.75, 3.05) is 0 Å². The standard InChI is InChI=1S/C27H17N3/c1-16-7-6-12-23-25(16)29-27-21-14-19-10-4-5-11-22(19)28-26(21)20-13-17-8-2-3-9-18(17)15-24(20)30(23)27/h2-15H,1H3. The monoisotopic (exact) mass is 383 g/mol. The molecule has 0 aliphatic carbocycles. The predicted octanol–water partition coefficient (Wildman–Crippen LogP) is 6.80. The second-order valence-corrected chi connectivity index (χ2v) is 8.01. The van der Waals surface area contributed by atoms with Crippen LogP contribution in [0.4, 0.5) is 0 Å². The molecule has 0 atom stereocenters. The van der Waals surface area contributed by atoms with Crippen molar-refractivity contribution in [3.63, 3.8) is 0 Å². The van der Waals surface area contributed by atoms with Gasteiger partial charge in [-0.15, -0.1) is 0 Å². The van der Waals surface area contributed by atoms with Crippen LogP contribution < -0.4 is 0 Å². The van der Waals surface area contributed by atoms with Crippen LogP contribution in [0.2, 0.25) is 0 Å². The Morgan fingerprint density at radius 2 is 1.33 bits per heavy atom. The second kappa shape index (κ2) is 5.55. The minimum Gasteiger partial charge on any atom is -0.292 e. The predicted molar refractivity (Wildman–Crippen MR) is 125 cm³/mol. The van der Waals surface area contributed by atoms with Gasteiger partial charge in [0.1, 0.15) is 5.65 Å². The van der Waals surface area contributed by atoms with Crippen LogP contribution >= 0.6 is 0 Å². The van der Waals surface area contributed by atoms with Gasteiger partial charge in [-0.25, -0.2) is 9.97 Å². The summed E-state index contributed by atoms with van der Waals surface area (Å²) in [7, 11) is 0. The number of aromatic nitrogens is 3. The molecule has 0 fully saturated rings. The van der Waals surface area contributed by atoms with Crippen LogP contribution in [0, 0.1) is 6.92 Å². The van der Waals surface area contributed by atoms with Gasteiger partial charge in [-0.3, -0.25) is 4.40 Å². The van der Waals surface area contributed by atoms with Crippen LogP contribution in [-0.2, 0) is 0 Å². The number of fused-ring (bicyclic) bond motifs is 10. The summed E-state index contributed by atoms with van der Waals surface area (Å²) in [5.41, 5.74) is 7.51. The lowest BCUT2D eigenvalue weighted by Crippen LogP contribution is -1.94. The molecule has 0 aliphatic rings. The quantitative estimate of drug-likeness (QED) is 0.213. The normalized spacial score (nSPS) is 12.2. The Balaban J connectivity index is 1.86. The highest BCUT2D eigenvalue weighted by Crippen LogP contribution is 2.35. The molecule has 30 heavy (non-hydrogen) atoms. The van der Waals surface area contributed by atoms with Gasteiger partial charge in [-0.05, 0) is 53.6 Å². The first-order valence-electron chi connectivity index (χ1n) is 10.2. The van der Waals surface area contributed by atoms with E-state index in [9.17, 15) is 0 Å². The van der Waals surface area contributed by atoms with Gasteiger partial charge in [0.2, 0.25) is 0 Å². The molecule has 4 aromatic carbocycles. The molecule has 0 bridgehead atoms. The summed E-state index contributed by atoms with van der Waals surface area (Å²) in [5.74, 6) is 0. The maximum atomic E-state index is 5.10. The van der Waals surface area contributed by atoms with Gasteiger partial charge in [-0.1, -0.05) is 54.6 Å². The molecule has 3 heteroatoms. The smallest absolute Gasteiger partial charge is 0.147 e. The third-order valence-electron chi connectivity index (χ3n) is 6.21. The van der Waals surface area contributed by atoms with E-state index in [1.807, 2.05) is 6.07 Å². The molecule has 3 heterocycles. The van der Waals surface area contributed by atoms with Gasteiger partial charge in [0.15, 0.2) is 0 Å². The number of pyridine rings is 2. The minimum absolute atomic E-state index is 0.968. The molecule has 7 aromatic rings. The van der Waals surface area contributed by atoms with Crippen LogP contribution in [-0.4, -0.2) is 14.4 Å². The van der Waals surface area contributed by atoms with Gasteiger partial charge in [0.25, 0.3) is 0 Å². The minimum atomic E-state index is 0.968. The summed E-state index contributed by atoms with van der Waals surface area (Å²) in [6, 6.07) is 30.0. The van der Waals surface area contributed by atoms with Crippen molar-refractivity contribution in [2.45, 2.75) is 6.92 Å². The van der Waals surface area contributed by atoms with Crippen LogP contribution in [0.15, 0.2) is 84.9 Å². The highest BCUT2D eigenvalue weighted by Gasteiger charge is 2.16. The maximum absolute atomic E-state index is 5.10. The Labute approximate surface area is 172 Å². The number of hydrogen-bond donors (Lipinski definition) is 0. The van der Waals surface area contributed by atoms with Crippen LogP contribution in [0.25, 0.3) is 60.2 Å². The summed E-state index contributed by atoms with van der Waals surface area (Å²) in [6.07, 6.45) is 0. The van der Waals surface area contributed by atoms with Gasteiger partial charge < -0.3 is 0 Å². The Bertz CT molecular complexity index is 1810. The lowest BCUT2D eigenvalue weighted by atomic mass is 10.0. The number of para-hydroxylation sites is 2. The molecule has 0 amide bonds. The zero-order valence-electron chi connectivity index (χ0n) is 16.4. The van der Waals surface area contributed by atoms with E-state index in [2.05, 4.69) is 90.2 Å². The first kappa shape index (κ1) is 15.9. The third kappa shape index (κ3) is 1.99. The molecule has 0 unspecified atom stereocenters. The van der Waals surface area contributed by atoms with Crippen LogP contribution in [0.5, 0.6) is 0 Å². The van der Waals surface area contributed by atoms with Gasteiger partial charge in [0.05, 0.1) is 27.6 Å². The van der Waals surface area contributed by atoms with Crippen LogP contribution in [0.3, 0.4) is 0 Å². The van der Waals surface area contributed by atoms with E-state index in [0.29, 0.717) is 0 Å². The van der Waals surface area contributed by atoms with Gasteiger partial charge in [-0.2, -0.15) is 0 Å². The topological polar surface area (TPSA) is 30.2 Å². The van der Waals surface area contributed by atoms with E-state index in [1.165, 1.54) is 16.3 Å². The molecule has 0 N–H and O–H groups in total. The third-order valence-corrected chi connectivity index (χ3v) is 6.21. The molecule has 0 radical (unpaired) electrons. The highest BCUT2D eigenvalue weighted by molar-refractivity contribution is 6.17. The second-order valence-electron chi connectivity index (χ2n) is 8.01. The summed E-state index contributed by atoms with van der Waals surface area (Å²) in [4.78, 5) is 10.2. The maximum Gasteiger partial charge on any atom is 0.147 e. The zero-order chi connectivity index (χ0) is 19.8. The molecule has 3 aromatic heterocycles. The molecule has 0 spiro atoms. The van der Waals surface area contributed by atoms with Crippen molar-refractivity contribution in [3.05, 3.63) is 90.5 Å². The Hall–Kier alpha value is -3.98. The zero-order valence-corrected chi connectivity index (χ0v) is 16.4. The number of imidazole rings is 1. The van der Waals surface area contributed by atoms with Crippen molar-refractivity contribution in [1.82, 2.24) is 14.4 Å². The molecule has 0 aliphatic heterocycles. The SMILES string of the molecule is Cc1cccc2c1nc1c3cc4ccccc4nc3c3cc4ccccc4cc3n21. The molecule has 140 valence electrons. The lowest BCUT2D eigenvalue weighted by molar-refractivity contribution is 1.31. The fourth-order valence-electron chi connectivity index (χ4n) is 4.76. The van der Waals surface area contributed by atoms with E-state index >= 15 is 0 Å². The van der Waals surface area contributed by atoms with E-state index in [1.54, 1.807) is 0 Å². The molecule has 0 saturated carbocycles. The van der Waals surface area contributed by atoms with E-state index < -0.39 is 0 Å². The number of rotatable bonds is 0. The van der Waals surface area contributed by atoms with Crippen LogP contribution in [0.1, 0.15) is 5.56 Å². The number of benzene rings is 4. The first-order valence-corrected chi connectivity index (χ1v) is 10.2. The summed E-state index contributed by atoms with van der Waals surface area (Å²) in [6.45, 7) is 2.13. The van der Waals surface area contributed by atoms with Gasteiger partial charge >= 0.3 is 0 Å². The molecular formula is C27H17N3. The van der Waals surface area contributed by atoms with Crippen molar-refractivity contribution < 1.29 is 0 Å². The van der Waals surface area contributed by atoms with Crippen molar-refractivity contribution >= 4 is 60.2 Å². The number of aryl methyl sites for hydroxylation is 1. The average molecular weight is 383 g/mol. The van der Waals surface area contributed by atoms with Gasteiger partial charge in [0, 0.05) is 16.2 Å².